The molecule has 1 heterocycles. The summed E-state index contributed by atoms with van der Waals surface area (Å²) in [6.45, 7) is 1.90. The van der Waals surface area contributed by atoms with Gasteiger partial charge < -0.3 is 14.7 Å². The third kappa shape index (κ3) is 3.31. The highest BCUT2D eigenvalue weighted by Crippen LogP contribution is 2.44. The van der Waals surface area contributed by atoms with Gasteiger partial charge in [-0.15, -0.1) is 0 Å². The Morgan fingerprint density at radius 3 is 2.41 bits per heavy atom. The van der Waals surface area contributed by atoms with Gasteiger partial charge in [-0.25, -0.2) is 0 Å². The van der Waals surface area contributed by atoms with E-state index in [-0.39, 0.29) is 17.4 Å². The first-order valence-corrected chi connectivity index (χ1v) is 10.0. The topological polar surface area (TPSA) is 66.8 Å². The number of aliphatic hydroxyl groups excluding tert-OH is 1. The Morgan fingerprint density at radius 1 is 1.07 bits per heavy atom. The standard InChI is InChI=1S/C24H25NO4/c1-15-12-13-19(29-2)18(14-15)22(26)20-21(16-8-4-3-5-9-16)25(24(28)23(20)27)17-10-6-7-11-17/h3-5,8-9,12-14,17,21,26H,6-7,10-11H2,1-2H3/b22-20+. The Hall–Kier alpha value is -3.08. The van der Waals surface area contributed by atoms with E-state index in [1.807, 2.05) is 43.3 Å². The molecule has 1 saturated heterocycles. The predicted octanol–water partition coefficient (Wildman–Crippen LogP) is 4.37. The maximum absolute atomic E-state index is 13.1. The van der Waals surface area contributed by atoms with Crippen molar-refractivity contribution in [2.24, 2.45) is 0 Å². The number of hydrogen-bond acceptors (Lipinski definition) is 4. The highest BCUT2D eigenvalue weighted by Gasteiger charge is 2.49. The average molecular weight is 391 g/mol. The summed E-state index contributed by atoms with van der Waals surface area (Å²) in [7, 11) is 1.52. The molecule has 4 rings (SSSR count). The van der Waals surface area contributed by atoms with E-state index in [0.29, 0.717) is 11.3 Å². The largest absolute Gasteiger partial charge is 0.507 e. The van der Waals surface area contributed by atoms with Gasteiger partial charge in [-0.3, -0.25) is 9.59 Å². The van der Waals surface area contributed by atoms with Crippen molar-refractivity contribution < 1.29 is 19.4 Å². The molecular formula is C24H25NO4. The van der Waals surface area contributed by atoms with E-state index in [0.717, 1.165) is 36.8 Å². The van der Waals surface area contributed by atoms with Crippen LogP contribution < -0.4 is 4.74 Å². The zero-order chi connectivity index (χ0) is 20.5. The van der Waals surface area contributed by atoms with Crippen LogP contribution >= 0.6 is 0 Å². The van der Waals surface area contributed by atoms with Gasteiger partial charge in [-0.05, 0) is 37.5 Å². The Morgan fingerprint density at radius 2 is 1.76 bits per heavy atom. The monoisotopic (exact) mass is 391 g/mol. The minimum absolute atomic E-state index is 0.0151. The molecule has 0 spiro atoms. The molecule has 1 aliphatic heterocycles. The van der Waals surface area contributed by atoms with Gasteiger partial charge in [0.15, 0.2) is 0 Å². The van der Waals surface area contributed by atoms with Gasteiger partial charge in [-0.2, -0.15) is 0 Å². The van der Waals surface area contributed by atoms with E-state index in [4.69, 9.17) is 4.74 Å². The van der Waals surface area contributed by atoms with Crippen molar-refractivity contribution in [3.63, 3.8) is 0 Å². The zero-order valence-corrected chi connectivity index (χ0v) is 16.7. The van der Waals surface area contributed by atoms with Crippen LogP contribution in [0.4, 0.5) is 0 Å². The number of benzene rings is 2. The van der Waals surface area contributed by atoms with E-state index >= 15 is 0 Å². The molecule has 1 atom stereocenters. The minimum Gasteiger partial charge on any atom is -0.507 e. The molecule has 150 valence electrons. The molecule has 0 radical (unpaired) electrons. The van der Waals surface area contributed by atoms with Gasteiger partial charge in [0.2, 0.25) is 0 Å². The number of rotatable bonds is 4. The second kappa shape index (κ2) is 7.74. The normalized spacial score (nSPS) is 21.7. The van der Waals surface area contributed by atoms with E-state index in [1.165, 1.54) is 7.11 Å². The quantitative estimate of drug-likeness (QED) is 0.477. The lowest BCUT2D eigenvalue weighted by molar-refractivity contribution is -0.141. The molecule has 1 unspecified atom stereocenters. The van der Waals surface area contributed by atoms with Crippen LogP contribution in [0.5, 0.6) is 5.75 Å². The van der Waals surface area contributed by atoms with Crippen molar-refractivity contribution in [2.45, 2.75) is 44.7 Å². The first-order chi connectivity index (χ1) is 14.0. The van der Waals surface area contributed by atoms with Crippen molar-refractivity contribution in [3.8, 4) is 5.75 Å². The molecule has 2 aliphatic rings. The second-order valence-corrected chi connectivity index (χ2v) is 7.76. The number of likely N-dealkylation sites (tertiary alicyclic amines) is 1. The Balaban J connectivity index is 1.92. The summed E-state index contributed by atoms with van der Waals surface area (Å²) < 4.78 is 5.41. The summed E-state index contributed by atoms with van der Waals surface area (Å²) in [5, 5.41) is 11.2. The van der Waals surface area contributed by atoms with Gasteiger partial charge in [0.1, 0.15) is 11.5 Å². The molecule has 29 heavy (non-hydrogen) atoms. The van der Waals surface area contributed by atoms with E-state index < -0.39 is 17.7 Å². The summed E-state index contributed by atoms with van der Waals surface area (Å²) in [5.41, 5.74) is 2.32. The molecule has 2 aromatic rings. The van der Waals surface area contributed by atoms with Gasteiger partial charge in [-0.1, -0.05) is 54.8 Å². The molecule has 0 aromatic heterocycles. The smallest absolute Gasteiger partial charge is 0.295 e. The van der Waals surface area contributed by atoms with E-state index in [1.54, 1.807) is 17.0 Å². The summed E-state index contributed by atoms with van der Waals surface area (Å²) >= 11 is 0. The summed E-state index contributed by atoms with van der Waals surface area (Å²) in [6.07, 6.45) is 3.84. The molecule has 5 nitrogen and oxygen atoms in total. The van der Waals surface area contributed by atoms with Crippen molar-refractivity contribution >= 4 is 17.4 Å². The number of nitrogens with zero attached hydrogens (tertiary/aromatic N) is 1. The maximum atomic E-state index is 13.1. The Kier molecular flexibility index (Phi) is 5.14. The molecule has 1 amide bonds. The van der Waals surface area contributed by atoms with Crippen LogP contribution in [0.3, 0.4) is 0 Å². The van der Waals surface area contributed by atoms with E-state index in [9.17, 15) is 14.7 Å². The van der Waals surface area contributed by atoms with Crippen LogP contribution in [0.1, 0.15) is 48.4 Å². The van der Waals surface area contributed by atoms with Gasteiger partial charge >= 0.3 is 0 Å². The molecule has 2 aromatic carbocycles. The predicted molar refractivity (Wildman–Crippen MR) is 111 cm³/mol. The van der Waals surface area contributed by atoms with Crippen LogP contribution in [-0.4, -0.2) is 34.8 Å². The third-order valence-electron chi connectivity index (χ3n) is 5.92. The number of amides is 1. The Bertz CT molecular complexity index is 974. The van der Waals surface area contributed by atoms with Crippen molar-refractivity contribution in [3.05, 3.63) is 70.8 Å². The SMILES string of the molecule is COc1ccc(C)cc1/C(O)=C1\C(=O)C(=O)N(C2CCCC2)C1c1ccccc1. The highest BCUT2D eigenvalue weighted by molar-refractivity contribution is 6.46. The van der Waals surface area contributed by atoms with Crippen LogP contribution in [0.25, 0.3) is 5.76 Å². The molecule has 1 aliphatic carbocycles. The summed E-state index contributed by atoms with van der Waals surface area (Å²) in [4.78, 5) is 27.8. The fraction of sp³-hybridized carbons (Fsp3) is 0.333. The summed E-state index contributed by atoms with van der Waals surface area (Å²) in [5.74, 6) is -0.879. The number of ketones is 1. The number of aliphatic hydroxyl groups is 1. The molecule has 0 bridgehead atoms. The van der Waals surface area contributed by atoms with Gasteiger partial charge in [0.05, 0.1) is 24.3 Å². The van der Waals surface area contributed by atoms with Crippen molar-refractivity contribution in [1.29, 1.82) is 0 Å². The second-order valence-electron chi connectivity index (χ2n) is 7.76. The minimum atomic E-state index is -0.633. The molecule has 5 heteroatoms. The zero-order valence-electron chi connectivity index (χ0n) is 16.7. The molecule has 1 saturated carbocycles. The number of aryl methyl sites for hydroxylation is 1. The number of Topliss-reactive ketones (excluding diaryl/α,β-unsaturated/α-hetero) is 1. The fourth-order valence-corrected chi connectivity index (χ4v) is 4.52. The Labute approximate surface area is 170 Å². The third-order valence-corrected chi connectivity index (χ3v) is 5.92. The molecule has 2 fully saturated rings. The first-order valence-electron chi connectivity index (χ1n) is 10.0. The maximum Gasteiger partial charge on any atom is 0.295 e. The number of methoxy groups -OCH3 is 1. The lowest BCUT2D eigenvalue weighted by atomic mass is 9.94. The van der Waals surface area contributed by atoms with Crippen molar-refractivity contribution in [2.75, 3.05) is 7.11 Å². The highest BCUT2D eigenvalue weighted by atomic mass is 16.5. The molecular weight excluding hydrogens is 366 g/mol. The number of carbonyl (C=O) groups excluding carboxylic acids is 2. The van der Waals surface area contributed by atoms with Gasteiger partial charge in [0.25, 0.3) is 11.7 Å². The first kappa shape index (κ1) is 19.2. The van der Waals surface area contributed by atoms with E-state index in [2.05, 4.69) is 0 Å². The lowest BCUT2D eigenvalue weighted by Crippen LogP contribution is -2.37. The van der Waals surface area contributed by atoms with Crippen LogP contribution in [0.15, 0.2) is 54.1 Å². The van der Waals surface area contributed by atoms with Crippen molar-refractivity contribution in [1.82, 2.24) is 4.90 Å². The summed E-state index contributed by atoms with van der Waals surface area (Å²) in [6, 6.07) is 14.3. The number of carbonyl (C=O) groups is 2. The number of hydrogen-bond donors (Lipinski definition) is 1. The average Bonchev–Trinajstić information content (AvgIpc) is 3.35. The number of ether oxygens (including phenoxy) is 1. The van der Waals surface area contributed by atoms with Crippen LogP contribution in [0.2, 0.25) is 0 Å². The fourth-order valence-electron chi connectivity index (χ4n) is 4.52. The van der Waals surface area contributed by atoms with Gasteiger partial charge in [0, 0.05) is 6.04 Å². The van der Waals surface area contributed by atoms with Crippen LogP contribution in [0, 0.1) is 6.92 Å². The van der Waals surface area contributed by atoms with Crippen LogP contribution in [-0.2, 0) is 9.59 Å². The molecule has 1 N–H and O–H groups in total. The lowest BCUT2D eigenvalue weighted by Gasteiger charge is -2.30.